The second-order valence-corrected chi connectivity index (χ2v) is 10.5. The molecule has 4 rings (SSSR count). The molecule has 5 nitrogen and oxygen atoms in total. The Hall–Kier alpha value is -4.94. The van der Waals surface area contributed by atoms with E-state index in [0.717, 1.165) is 64.4 Å². The SMILES string of the molecule is CN(CCC#N)c1ccc(-c2cc(C=Cc3ccc(N(C)CCCCC#N)cc3)[n+](C)c(-c3ccc(F)cc3)c2)cc1. The van der Waals surface area contributed by atoms with Crippen molar-refractivity contribution in [3.63, 3.8) is 0 Å². The molecule has 0 bridgehead atoms. The van der Waals surface area contributed by atoms with Crippen molar-refractivity contribution >= 4 is 23.5 Å². The predicted octanol–water partition coefficient (Wildman–Crippen LogP) is 7.63. The summed E-state index contributed by atoms with van der Waals surface area (Å²) in [6, 6.07) is 32.2. The third kappa shape index (κ3) is 7.83. The van der Waals surface area contributed by atoms with Gasteiger partial charge in [-0.3, -0.25) is 0 Å². The minimum Gasteiger partial charge on any atom is -0.375 e. The maximum absolute atomic E-state index is 13.7. The molecule has 6 heteroatoms. The van der Waals surface area contributed by atoms with E-state index in [1.807, 2.05) is 26.2 Å². The zero-order valence-corrected chi connectivity index (χ0v) is 24.6. The zero-order chi connectivity index (χ0) is 29.9. The summed E-state index contributed by atoms with van der Waals surface area (Å²) in [5.41, 5.74) is 8.37. The van der Waals surface area contributed by atoms with Crippen LogP contribution in [0.2, 0.25) is 0 Å². The second-order valence-electron chi connectivity index (χ2n) is 10.5. The zero-order valence-electron chi connectivity index (χ0n) is 24.6. The van der Waals surface area contributed by atoms with E-state index in [0.29, 0.717) is 19.4 Å². The molecule has 212 valence electrons. The molecule has 0 saturated heterocycles. The normalized spacial score (nSPS) is 10.8. The van der Waals surface area contributed by atoms with Crippen molar-refractivity contribution in [1.82, 2.24) is 0 Å². The molecule has 3 aromatic carbocycles. The number of hydrogen-bond acceptors (Lipinski definition) is 4. The minimum atomic E-state index is -0.259. The van der Waals surface area contributed by atoms with Crippen LogP contribution in [-0.4, -0.2) is 27.2 Å². The summed E-state index contributed by atoms with van der Waals surface area (Å²) in [6.45, 7) is 1.60. The Balaban J connectivity index is 1.62. The van der Waals surface area contributed by atoms with E-state index in [9.17, 15) is 4.39 Å². The van der Waals surface area contributed by atoms with E-state index in [4.69, 9.17) is 10.5 Å². The molecule has 0 unspecified atom stereocenters. The fourth-order valence-electron chi connectivity index (χ4n) is 4.86. The Labute approximate surface area is 249 Å². The van der Waals surface area contributed by atoms with Crippen LogP contribution in [0.5, 0.6) is 0 Å². The number of nitriles is 2. The Bertz CT molecular complexity index is 1580. The molecule has 0 radical (unpaired) electrons. The van der Waals surface area contributed by atoms with Crippen LogP contribution in [0.15, 0.2) is 84.9 Å². The lowest BCUT2D eigenvalue weighted by Gasteiger charge is -2.19. The van der Waals surface area contributed by atoms with E-state index in [1.54, 1.807) is 0 Å². The van der Waals surface area contributed by atoms with E-state index in [-0.39, 0.29) is 5.82 Å². The number of nitrogens with zero attached hydrogens (tertiary/aromatic N) is 5. The molecule has 4 aromatic rings. The highest BCUT2D eigenvalue weighted by molar-refractivity contribution is 5.75. The largest absolute Gasteiger partial charge is 0.375 e. The summed E-state index contributed by atoms with van der Waals surface area (Å²) in [5.74, 6) is -0.259. The number of anilines is 2. The smallest absolute Gasteiger partial charge is 0.213 e. The Morgan fingerprint density at radius 3 is 1.93 bits per heavy atom. The summed E-state index contributed by atoms with van der Waals surface area (Å²) in [6.07, 6.45) is 7.22. The Morgan fingerprint density at radius 1 is 0.690 bits per heavy atom. The topological polar surface area (TPSA) is 57.9 Å². The molecule has 0 fully saturated rings. The van der Waals surface area contributed by atoms with Gasteiger partial charge in [0.1, 0.15) is 12.9 Å². The summed E-state index contributed by atoms with van der Waals surface area (Å²) in [5, 5.41) is 17.7. The maximum atomic E-state index is 13.7. The van der Waals surface area contributed by atoms with Gasteiger partial charge in [0.15, 0.2) is 0 Å². The first-order valence-electron chi connectivity index (χ1n) is 14.2. The van der Waals surface area contributed by atoms with Crippen LogP contribution in [0.4, 0.5) is 15.8 Å². The number of hydrogen-bond donors (Lipinski definition) is 0. The first-order chi connectivity index (χ1) is 20.4. The predicted molar refractivity (Wildman–Crippen MR) is 170 cm³/mol. The van der Waals surface area contributed by atoms with Crippen molar-refractivity contribution in [3.8, 4) is 34.5 Å². The molecule has 0 aliphatic heterocycles. The molecule has 0 saturated carbocycles. The van der Waals surface area contributed by atoms with Gasteiger partial charge in [-0.05, 0) is 84.1 Å². The summed E-state index contributed by atoms with van der Waals surface area (Å²) < 4.78 is 15.9. The van der Waals surface area contributed by atoms with E-state index < -0.39 is 0 Å². The second kappa shape index (κ2) is 14.6. The molecular formula is C36H37FN5+. The minimum absolute atomic E-state index is 0.259. The van der Waals surface area contributed by atoms with Gasteiger partial charge in [-0.1, -0.05) is 24.3 Å². The van der Waals surface area contributed by atoms with Gasteiger partial charge in [0.2, 0.25) is 11.4 Å². The highest BCUT2D eigenvalue weighted by Gasteiger charge is 2.17. The first kappa shape index (κ1) is 30.0. The van der Waals surface area contributed by atoms with Crippen LogP contribution in [0.3, 0.4) is 0 Å². The number of rotatable bonds is 12. The summed E-state index contributed by atoms with van der Waals surface area (Å²) in [7, 11) is 6.10. The lowest BCUT2D eigenvalue weighted by molar-refractivity contribution is -0.662. The standard InChI is InChI=1S/C36H37FN5/c1-40(24-6-4-5-22-38)33-17-8-28(9-18-33)10-19-35-26-31(27-36(42(35)3)30-11-15-32(37)16-12-30)29-13-20-34(21-14-29)41(2)25-7-23-39/h8-21,26-27H,4-7,24-25H2,1-3H3/q+1. The maximum Gasteiger partial charge on any atom is 0.213 e. The number of unbranched alkanes of at least 4 members (excludes halogenated alkanes) is 2. The van der Waals surface area contributed by atoms with Gasteiger partial charge in [-0.2, -0.15) is 15.1 Å². The van der Waals surface area contributed by atoms with Crippen molar-refractivity contribution < 1.29 is 8.96 Å². The average Bonchev–Trinajstić information content (AvgIpc) is 3.02. The van der Waals surface area contributed by atoms with Gasteiger partial charge in [0.05, 0.1) is 18.6 Å². The van der Waals surface area contributed by atoms with Gasteiger partial charge in [-0.15, -0.1) is 0 Å². The number of halogens is 1. The van der Waals surface area contributed by atoms with Gasteiger partial charge in [0.25, 0.3) is 0 Å². The van der Waals surface area contributed by atoms with Gasteiger partial charge < -0.3 is 9.80 Å². The highest BCUT2D eigenvalue weighted by Crippen LogP contribution is 2.28. The molecule has 0 aliphatic carbocycles. The molecule has 0 N–H and O–H groups in total. The van der Waals surface area contributed by atoms with Crippen LogP contribution < -0.4 is 14.4 Å². The van der Waals surface area contributed by atoms with Gasteiger partial charge >= 0.3 is 0 Å². The van der Waals surface area contributed by atoms with E-state index >= 15 is 0 Å². The van der Waals surface area contributed by atoms with Crippen molar-refractivity contribution in [2.75, 3.05) is 37.0 Å². The molecule has 0 spiro atoms. The van der Waals surface area contributed by atoms with Crippen LogP contribution in [0.25, 0.3) is 34.5 Å². The van der Waals surface area contributed by atoms with E-state index in [2.05, 4.69) is 106 Å². The van der Waals surface area contributed by atoms with Crippen LogP contribution in [0.1, 0.15) is 36.9 Å². The molecule has 1 aromatic heterocycles. The van der Waals surface area contributed by atoms with Crippen LogP contribution >= 0.6 is 0 Å². The van der Waals surface area contributed by atoms with Crippen molar-refractivity contribution in [3.05, 3.63) is 102 Å². The molecule has 0 aliphatic rings. The first-order valence-corrected chi connectivity index (χ1v) is 14.2. The van der Waals surface area contributed by atoms with Crippen molar-refractivity contribution in [1.29, 1.82) is 10.5 Å². The Morgan fingerprint density at radius 2 is 1.29 bits per heavy atom. The van der Waals surface area contributed by atoms with Crippen molar-refractivity contribution in [2.24, 2.45) is 7.05 Å². The molecule has 0 amide bonds. The van der Waals surface area contributed by atoms with E-state index in [1.165, 1.54) is 12.1 Å². The number of benzene rings is 3. The summed E-state index contributed by atoms with van der Waals surface area (Å²) >= 11 is 0. The molecule has 1 heterocycles. The van der Waals surface area contributed by atoms with Gasteiger partial charge in [0, 0.05) is 68.8 Å². The number of pyridine rings is 1. The van der Waals surface area contributed by atoms with Crippen molar-refractivity contribution in [2.45, 2.75) is 25.7 Å². The molecule has 0 atom stereocenters. The lowest BCUT2D eigenvalue weighted by Crippen LogP contribution is -2.34. The Kier molecular flexibility index (Phi) is 10.5. The average molecular weight is 559 g/mol. The van der Waals surface area contributed by atoms with Crippen LogP contribution in [0, 0.1) is 28.5 Å². The lowest BCUT2D eigenvalue weighted by atomic mass is 10.0. The molecule has 42 heavy (non-hydrogen) atoms. The fraction of sp³-hybridized carbons (Fsp3) is 0.250. The highest BCUT2D eigenvalue weighted by atomic mass is 19.1. The molecular weight excluding hydrogens is 521 g/mol. The van der Waals surface area contributed by atoms with Gasteiger partial charge in [-0.25, -0.2) is 4.39 Å². The summed E-state index contributed by atoms with van der Waals surface area (Å²) in [4.78, 5) is 4.30. The third-order valence-corrected chi connectivity index (χ3v) is 7.50. The quantitative estimate of drug-likeness (QED) is 0.132. The third-order valence-electron chi connectivity index (χ3n) is 7.50. The monoisotopic (exact) mass is 558 g/mol. The van der Waals surface area contributed by atoms with Crippen LogP contribution in [-0.2, 0) is 7.05 Å². The fourth-order valence-corrected chi connectivity index (χ4v) is 4.86. The number of aromatic nitrogens is 1.